The first-order valence-corrected chi connectivity index (χ1v) is 9.93. The number of fused-ring (bicyclic) bond motifs is 1. The minimum Gasteiger partial charge on any atom is -0.469 e. The third-order valence-electron chi connectivity index (χ3n) is 8.21. The molecule has 0 amide bonds. The fourth-order valence-corrected chi connectivity index (χ4v) is 7.17. The molecule has 3 fully saturated rings. The van der Waals surface area contributed by atoms with Crippen molar-refractivity contribution >= 4 is 11.9 Å². The molecule has 2 bridgehead atoms. The highest BCUT2D eigenvalue weighted by molar-refractivity contribution is 5.77. The third-order valence-corrected chi connectivity index (χ3v) is 8.21. The highest BCUT2D eigenvalue weighted by Crippen LogP contribution is 2.70. The lowest BCUT2D eigenvalue weighted by molar-refractivity contribution is -0.176. The Kier molecular flexibility index (Phi) is 4.77. The lowest BCUT2D eigenvalue weighted by atomic mass is 9.43. The van der Waals surface area contributed by atoms with E-state index in [0.29, 0.717) is 18.3 Å². The Morgan fingerprint density at radius 3 is 2.50 bits per heavy atom. The molecule has 26 heavy (non-hydrogen) atoms. The first-order valence-electron chi connectivity index (χ1n) is 9.93. The number of hydrogen-bond donors (Lipinski definition) is 0. The average Bonchev–Trinajstić information content (AvgIpc) is 2.82. The van der Waals surface area contributed by atoms with Crippen molar-refractivity contribution in [2.24, 2.45) is 34.0 Å². The zero-order chi connectivity index (χ0) is 19.3. The van der Waals surface area contributed by atoms with E-state index < -0.39 is 5.41 Å². The molecule has 3 saturated carbocycles. The molecule has 3 aliphatic carbocycles. The molecular weight excluding hydrogens is 328 g/mol. The van der Waals surface area contributed by atoms with Crippen LogP contribution in [-0.4, -0.2) is 26.2 Å². The molecule has 0 aromatic rings. The van der Waals surface area contributed by atoms with Crippen LogP contribution in [0.25, 0.3) is 0 Å². The summed E-state index contributed by atoms with van der Waals surface area (Å²) < 4.78 is 10.2. The van der Waals surface area contributed by atoms with Gasteiger partial charge in [0.15, 0.2) is 0 Å². The summed E-state index contributed by atoms with van der Waals surface area (Å²) >= 11 is 0. The highest BCUT2D eigenvalue weighted by Gasteiger charge is 2.63. The normalized spacial score (nSPS) is 39.3. The molecule has 0 heterocycles. The standard InChI is InChI=1S/C22H34O4/c1-14-11-22-10-9-16(20(2,3)19(24)26-6)21(4,13-18(23)25-5)17(22)8-7-15(14)12-22/h15-17H,1,7-13H2,2-6H3. The van der Waals surface area contributed by atoms with E-state index in [1.54, 1.807) is 0 Å². The molecule has 3 rings (SSSR count). The van der Waals surface area contributed by atoms with Gasteiger partial charge >= 0.3 is 11.9 Å². The van der Waals surface area contributed by atoms with E-state index in [9.17, 15) is 9.59 Å². The number of hydrogen-bond acceptors (Lipinski definition) is 4. The minimum atomic E-state index is -0.619. The summed E-state index contributed by atoms with van der Waals surface area (Å²) in [6.45, 7) is 10.5. The summed E-state index contributed by atoms with van der Waals surface area (Å²) in [6.07, 6.45) is 7.01. The van der Waals surface area contributed by atoms with E-state index in [1.807, 2.05) is 13.8 Å². The Morgan fingerprint density at radius 1 is 1.19 bits per heavy atom. The smallest absolute Gasteiger partial charge is 0.311 e. The van der Waals surface area contributed by atoms with Crippen LogP contribution in [0.4, 0.5) is 0 Å². The summed E-state index contributed by atoms with van der Waals surface area (Å²) in [4.78, 5) is 25.0. The molecule has 1 spiro atoms. The topological polar surface area (TPSA) is 52.6 Å². The van der Waals surface area contributed by atoms with Gasteiger partial charge in [-0.15, -0.1) is 0 Å². The molecule has 0 aliphatic heterocycles. The van der Waals surface area contributed by atoms with Gasteiger partial charge in [0.2, 0.25) is 0 Å². The van der Waals surface area contributed by atoms with Crippen molar-refractivity contribution in [2.75, 3.05) is 14.2 Å². The SMILES string of the molecule is C=C1CC23CCC(C(C)(C)C(=O)OC)C(C)(CC(=O)OC)C2CCC1C3. The summed E-state index contributed by atoms with van der Waals surface area (Å²) in [5.41, 5.74) is 0.772. The van der Waals surface area contributed by atoms with E-state index in [4.69, 9.17) is 9.47 Å². The van der Waals surface area contributed by atoms with Gasteiger partial charge in [0.1, 0.15) is 0 Å². The van der Waals surface area contributed by atoms with Gasteiger partial charge in [0.05, 0.1) is 26.1 Å². The van der Waals surface area contributed by atoms with Gasteiger partial charge in [-0.25, -0.2) is 0 Å². The van der Waals surface area contributed by atoms with Crippen LogP contribution in [0, 0.1) is 34.0 Å². The lowest BCUT2D eigenvalue weighted by Crippen LogP contribution is -2.56. The Balaban J connectivity index is 2.03. The number of esters is 2. The Morgan fingerprint density at radius 2 is 1.88 bits per heavy atom. The first-order chi connectivity index (χ1) is 12.1. The second-order valence-corrected chi connectivity index (χ2v) is 9.79. The molecule has 0 aromatic carbocycles. The quantitative estimate of drug-likeness (QED) is 0.545. The monoisotopic (exact) mass is 362 g/mol. The van der Waals surface area contributed by atoms with Gasteiger partial charge in [0.25, 0.3) is 0 Å². The molecule has 5 atom stereocenters. The molecule has 4 nitrogen and oxygen atoms in total. The van der Waals surface area contributed by atoms with Crippen LogP contribution in [0.3, 0.4) is 0 Å². The molecule has 0 N–H and O–H groups in total. The van der Waals surface area contributed by atoms with Crippen molar-refractivity contribution in [2.45, 2.75) is 65.7 Å². The van der Waals surface area contributed by atoms with Crippen molar-refractivity contribution in [3.8, 4) is 0 Å². The maximum atomic E-state index is 12.6. The number of carbonyl (C=O) groups is 2. The van der Waals surface area contributed by atoms with Gasteiger partial charge in [-0.05, 0) is 81.0 Å². The Labute approximate surface area is 157 Å². The van der Waals surface area contributed by atoms with Crippen LogP contribution in [0.2, 0.25) is 0 Å². The fourth-order valence-electron chi connectivity index (χ4n) is 7.17. The molecular formula is C22H34O4. The molecule has 3 aliphatic rings. The second-order valence-electron chi connectivity index (χ2n) is 9.79. The van der Waals surface area contributed by atoms with Crippen LogP contribution in [0.15, 0.2) is 12.2 Å². The van der Waals surface area contributed by atoms with Crippen LogP contribution in [0.1, 0.15) is 65.7 Å². The molecule has 0 aromatic heterocycles. The Bertz CT molecular complexity index is 622. The van der Waals surface area contributed by atoms with Gasteiger partial charge < -0.3 is 9.47 Å². The maximum absolute atomic E-state index is 12.6. The first kappa shape index (κ1) is 19.4. The average molecular weight is 363 g/mol. The van der Waals surface area contributed by atoms with Crippen LogP contribution < -0.4 is 0 Å². The minimum absolute atomic E-state index is 0.0996. The lowest BCUT2D eigenvalue weighted by Gasteiger charge is -2.60. The van der Waals surface area contributed by atoms with Crippen LogP contribution >= 0.6 is 0 Å². The van der Waals surface area contributed by atoms with Gasteiger partial charge in [-0.2, -0.15) is 0 Å². The number of allylic oxidation sites excluding steroid dienone is 1. The maximum Gasteiger partial charge on any atom is 0.311 e. The van der Waals surface area contributed by atoms with Crippen molar-refractivity contribution in [1.29, 1.82) is 0 Å². The van der Waals surface area contributed by atoms with Crippen LogP contribution in [-0.2, 0) is 19.1 Å². The van der Waals surface area contributed by atoms with Gasteiger partial charge in [0, 0.05) is 0 Å². The van der Waals surface area contributed by atoms with Gasteiger partial charge in [-0.3, -0.25) is 9.59 Å². The molecule has 0 saturated heterocycles. The summed E-state index contributed by atoms with van der Waals surface area (Å²) in [6, 6.07) is 0. The van der Waals surface area contributed by atoms with E-state index in [0.717, 1.165) is 32.1 Å². The zero-order valence-electron chi connectivity index (χ0n) is 17.0. The van der Waals surface area contributed by atoms with Crippen molar-refractivity contribution in [1.82, 2.24) is 0 Å². The number of carbonyl (C=O) groups excluding carboxylic acids is 2. The number of methoxy groups -OCH3 is 2. The highest BCUT2D eigenvalue weighted by atomic mass is 16.5. The molecule has 4 heteroatoms. The zero-order valence-corrected chi connectivity index (χ0v) is 17.0. The molecule has 146 valence electrons. The Hall–Kier alpha value is -1.32. The van der Waals surface area contributed by atoms with Crippen molar-refractivity contribution in [3.05, 3.63) is 12.2 Å². The van der Waals surface area contributed by atoms with E-state index in [2.05, 4.69) is 13.5 Å². The van der Waals surface area contributed by atoms with E-state index in [-0.39, 0.29) is 28.7 Å². The predicted molar refractivity (Wildman–Crippen MR) is 100 cm³/mol. The van der Waals surface area contributed by atoms with Crippen molar-refractivity contribution in [3.63, 3.8) is 0 Å². The summed E-state index contributed by atoms with van der Waals surface area (Å²) in [7, 11) is 2.91. The largest absolute Gasteiger partial charge is 0.469 e. The number of rotatable bonds is 4. The van der Waals surface area contributed by atoms with Gasteiger partial charge in [-0.1, -0.05) is 19.1 Å². The van der Waals surface area contributed by atoms with E-state index in [1.165, 1.54) is 26.2 Å². The van der Waals surface area contributed by atoms with E-state index >= 15 is 0 Å². The molecule has 5 unspecified atom stereocenters. The summed E-state index contributed by atoms with van der Waals surface area (Å²) in [5.74, 6) is 0.821. The fraction of sp³-hybridized carbons (Fsp3) is 0.818. The summed E-state index contributed by atoms with van der Waals surface area (Å²) in [5, 5.41) is 0. The predicted octanol–water partition coefficient (Wildman–Crippen LogP) is 4.53. The van der Waals surface area contributed by atoms with Crippen molar-refractivity contribution < 1.29 is 19.1 Å². The molecule has 0 radical (unpaired) electrons. The third kappa shape index (κ3) is 2.71. The number of ether oxygens (including phenoxy) is 2. The van der Waals surface area contributed by atoms with Crippen LogP contribution in [0.5, 0.6) is 0 Å². The second kappa shape index (κ2) is 6.38.